The van der Waals surface area contributed by atoms with Gasteiger partial charge in [0.25, 0.3) is 0 Å². The number of nitrogens with zero attached hydrogens (tertiary/aromatic N) is 5. The van der Waals surface area contributed by atoms with Gasteiger partial charge in [-0.3, -0.25) is 4.90 Å². The topological polar surface area (TPSA) is 113 Å². The second-order valence-electron chi connectivity index (χ2n) is 12.5. The Hall–Kier alpha value is -3.70. The lowest BCUT2D eigenvalue weighted by molar-refractivity contribution is -0.0334. The van der Waals surface area contributed by atoms with E-state index in [4.69, 9.17) is 19.2 Å². The number of aryl methyl sites for hydroxylation is 1. The van der Waals surface area contributed by atoms with Crippen molar-refractivity contribution in [3.63, 3.8) is 0 Å². The van der Waals surface area contributed by atoms with Crippen LogP contribution in [-0.2, 0) is 27.2 Å². The maximum absolute atomic E-state index is 13.7. The summed E-state index contributed by atoms with van der Waals surface area (Å²) in [6.07, 6.45) is 4.02. The summed E-state index contributed by atoms with van der Waals surface area (Å²) in [7, 11) is 0. The SMILES string of the molecule is Cc1c[nH]c2ncc(-c3cc4c(c(C5COCCN5C(=O)OC(C)(C)C)c3)CN(C(=O)N3CCOCC3C)CC4)nc12. The highest BCUT2D eigenvalue weighted by Crippen LogP contribution is 2.37. The van der Waals surface area contributed by atoms with E-state index in [0.717, 1.165) is 44.7 Å². The van der Waals surface area contributed by atoms with Crippen molar-refractivity contribution in [3.8, 4) is 11.3 Å². The van der Waals surface area contributed by atoms with Crippen LogP contribution in [0.15, 0.2) is 24.5 Å². The van der Waals surface area contributed by atoms with Gasteiger partial charge < -0.3 is 29.0 Å². The van der Waals surface area contributed by atoms with E-state index in [1.165, 1.54) is 0 Å². The molecule has 2 fully saturated rings. The zero-order chi connectivity index (χ0) is 29.6. The Morgan fingerprint density at radius 3 is 2.60 bits per heavy atom. The third kappa shape index (κ3) is 5.55. The van der Waals surface area contributed by atoms with Gasteiger partial charge in [0, 0.05) is 37.9 Å². The first kappa shape index (κ1) is 28.4. The molecule has 5 heterocycles. The minimum atomic E-state index is -0.626. The number of rotatable bonds is 2. The summed E-state index contributed by atoms with van der Waals surface area (Å²) in [4.78, 5) is 45.4. The molecule has 1 N–H and O–H groups in total. The molecule has 2 aromatic heterocycles. The smallest absolute Gasteiger partial charge is 0.410 e. The third-order valence-electron chi connectivity index (χ3n) is 8.24. The van der Waals surface area contributed by atoms with Crippen molar-refractivity contribution < 1.29 is 23.8 Å². The van der Waals surface area contributed by atoms with Crippen molar-refractivity contribution in [1.82, 2.24) is 29.7 Å². The molecule has 3 aliphatic rings. The lowest BCUT2D eigenvalue weighted by Crippen LogP contribution is -2.53. The Morgan fingerprint density at radius 1 is 1.07 bits per heavy atom. The van der Waals surface area contributed by atoms with Gasteiger partial charge in [-0.1, -0.05) is 0 Å². The largest absolute Gasteiger partial charge is 0.444 e. The number of nitrogens with one attached hydrogen (secondary N) is 1. The Labute approximate surface area is 246 Å². The molecule has 42 heavy (non-hydrogen) atoms. The van der Waals surface area contributed by atoms with E-state index >= 15 is 0 Å². The second-order valence-corrected chi connectivity index (χ2v) is 12.5. The predicted octanol–water partition coefficient (Wildman–Crippen LogP) is 4.44. The van der Waals surface area contributed by atoms with Gasteiger partial charge in [-0.15, -0.1) is 0 Å². The molecule has 0 spiro atoms. The monoisotopic (exact) mass is 576 g/mol. The van der Waals surface area contributed by atoms with Crippen LogP contribution in [0, 0.1) is 6.92 Å². The zero-order valence-corrected chi connectivity index (χ0v) is 25.1. The lowest BCUT2D eigenvalue weighted by Gasteiger charge is -2.41. The summed E-state index contributed by atoms with van der Waals surface area (Å²) in [5.41, 5.74) is 6.81. The molecule has 11 heteroatoms. The molecule has 2 saturated heterocycles. The number of urea groups is 1. The number of hydrogen-bond acceptors (Lipinski definition) is 7. The maximum Gasteiger partial charge on any atom is 0.410 e. The van der Waals surface area contributed by atoms with E-state index in [1.54, 1.807) is 11.1 Å². The summed E-state index contributed by atoms with van der Waals surface area (Å²) >= 11 is 0. The number of hydrogen-bond donors (Lipinski definition) is 1. The van der Waals surface area contributed by atoms with Crippen LogP contribution in [0.25, 0.3) is 22.4 Å². The quantitative estimate of drug-likeness (QED) is 0.480. The van der Waals surface area contributed by atoms with Gasteiger partial charge >= 0.3 is 12.1 Å². The van der Waals surface area contributed by atoms with Gasteiger partial charge in [-0.05, 0) is 75.4 Å². The van der Waals surface area contributed by atoms with Crippen molar-refractivity contribution in [3.05, 3.63) is 46.8 Å². The fourth-order valence-electron chi connectivity index (χ4n) is 6.05. The first-order chi connectivity index (χ1) is 20.1. The van der Waals surface area contributed by atoms with Crippen molar-refractivity contribution in [1.29, 1.82) is 0 Å². The second kappa shape index (κ2) is 11.2. The first-order valence-corrected chi connectivity index (χ1v) is 14.8. The van der Waals surface area contributed by atoms with Crippen LogP contribution in [0.3, 0.4) is 0 Å². The molecule has 0 bridgehead atoms. The summed E-state index contributed by atoms with van der Waals surface area (Å²) in [6, 6.07) is 3.94. The molecular weight excluding hydrogens is 536 g/mol. The standard InChI is InChI=1S/C31H40N6O5/c1-19-14-32-28-27(19)34-25(15-33-28)22-12-21-6-7-35(29(38)36-8-10-40-17-20(36)2)16-24(21)23(13-22)26-18-41-11-9-37(26)30(39)42-31(3,4)5/h12-15,20,26H,6-11,16-18H2,1-5H3,(H,32,33). The first-order valence-electron chi connectivity index (χ1n) is 14.8. The normalized spacial score (nSPS) is 21.4. The highest BCUT2D eigenvalue weighted by Gasteiger charge is 2.37. The minimum absolute atomic E-state index is 0.0225. The number of carbonyl (C=O) groups excluding carboxylic acids is 2. The average molecular weight is 577 g/mol. The van der Waals surface area contributed by atoms with Crippen LogP contribution in [-0.4, -0.2) is 99.5 Å². The van der Waals surface area contributed by atoms with E-state index in [0.29, 0.717) is 59.0 Å². The Balaban J connectivity index is 1.41. The highest BCUT2D eigenvalue weighted by molar-refractivity contribution is 5.79. The van der Waals surface area contributed by atoms with Crippen molar-refractivity contribution >= 4 is 23.3 Å². The molecule has 1 aromatic carbocycles. The van der Waals surface area contributed by atoms with Crippen LogP contribution < -0.4 is 0 Å². The number of benzene rings is 1. The molecule has 0 aliphatic carbocycles. The minimum Gasteiger partial charge on any atom is -0.444 e. The van der Waals surface area contributed by atoms with Gasteiger partial charge in [0.15, 0.2) is 5.65 Å². The molecule has 3 aliphatic heterocycles. The molecule has 11 nitrogen and oxygen atoms in total. The molecule has 0 saturated carbocycles. The summed E-state index contributed by atoms with van der Waals surface area (Å²) in [5, 5.41) is 0. The average Bonchev–Trinajstić information content (AvgIpc) is 3.35. The van der Waals surface area contributed by atoms with E-state index in [9.17, 15) is 9.59 Å². The summed E-state index contributed by atoms with van der Waals surface area (Å²) < 4.78 is 17.3. The van der Waals surface area contributed by atoms with Gasteiger partial charge in [-0.25, -0.2) is 19.6 Å². The number of morpholine rings is 2. The zero-order valence-electron chi connectivity index (χ0n) is 25.1. The van der Waals surface area contributed by atoms with Crippen LogP contribution in [0.4, 0.5) is 9.59 Å². The summed E-state index contributed by atoms with van der Waals surface area (Å²) in [6.45, 7) is 13.6. The van der Waals surface area contributed by atoms with Crippen LogP contribution >= 0.6 is 0 Å². The molecule has 6 rings (SSSR count). The molecule has 3 amide bonds. The van der Waals surface area contributed by atoms with E-state index in [1.807, 2.05) is 50.6 Å². The van der Waals surface area contributed by atoms with Crippen molar-refractivity contribution in [2.24, 2.45) is 0 Å². The van der Waals surface area contributed by atoms with Gasteiger partial charge in [0.2, 0.25) is 0 Å². The number of H-pyrrole nitrogens is 1. The predicted molar refractivity (Wildman–Crippen MR) is 157 cm³/mol. The Bertz CT molecular complexity index is 1500. The van der Waals surface area contributed by atoms with Gasteiger partial charge in [0.05, 0.1) is 50.4 Å². The van der Waals surface area contributed by atoms with Crippen LogP contribution in [0.2, 0.25) is 0 Å². The fourth-order valence-corrected chi connectivity index (χ4v) is 6.05. The number of aromatic amines is 1. The van der Waals surface area contributed by atoms with Crippen molar-refractivity contribution in [2.45, 2.75) is 65.3 Å². The number of fused-ring (bicyclic) bond motifs is 2. The van der Waals surface area contributed by atoms with E-state index in [2.05, 4.69) is 22.1 Å². The molecular formula is C31H40N6O5. The molecule has 2 unspecified atom stereocenters. The maximum atomic E-state index is 13.7. The van der Waals surface area contributed by atoms with E-state index < -0.39 is 5.60 Å². The van der Waals surface area contributed by atoms with Crippen LogP contribution in [0.5, 0.6) is 0 Å². The Kier molecular flexibility index (Phi) is 7.57. The lowest BCUT2D eigenvalue weighted by atomic mass is 9.87. The van der Waals surface area contributed by atoms with Gasteiger partial charge in [-0.2, -0.15) is 0 Å². The van der Waals surface area contributed by atoms with E-state index in [-0.39, 0.29) is 24.2 Å². The summed E-state index contributed by atoms with van der Waals surface area (Å²) in [5.74, 6) is 0. The number of ether oxygens (including phenoxy) is 3. The molecule has 0 radical (unpaired) electrons. The third-order valence-corrected chi connectivity index (χ3v) is 8.24. The van der Waals surface area contributed by atoms with Crippen LogP contribution in [0.1, 0.15) is 56.0 Å². The van der Waals surface area contributed by atoms with Crippen molar-refractivity contribution in [2.75, 3.05) is 46.1 Å². The fraction of sp³-hybridized carbons (Fsp3) is 0.548. The number of amides is 3. The highest BCUT2D eigenvalue weighted by atomic mass is 16.6. The molecule has 224 valence electrons. The molecule has 2 atom stereocenters. The number of aromatic nitrogens is 3. The molecule has 3 aromatic rings. The number of carbonyl (C=O) groups is 2. The van der Waals surface area contributed by atoms with Gasteiger partial charge in [0.1, 0.15) is 11.1 Å². The Morgan fingerprint density at radius 2 is 1.83 bits per heavy atom.